The van der Waals surface area contributed by atoms with Crippen LogP contribution in [0.3, 0.4) is 0 Å². The van der Waals surface area contributed by atoms with Gasteiger partial charge in [0.05, 0.1) is 6.07 Å². The van der Waals surface area contributed by atoms with Crippen LogP contribution < -0.4 is 0 Å². The van der Waals surface area contributed by atoms with E-state index in [1.54, 1.807) is 6.92 Å². The van der Waals surface area contributed by atoms with E-state index in [1.165, 1.54) is 0 Å². The molecular formula is C10H16N2O2. The molecule has 0 amide bonds. The first kappa shape index (κ1) is 11.0. The Balaban J connectivity index is 2.48. The number of carboxylic acids is 1. The summed E-state index contributed by atoms with van der Waals surface area (Å²) in [4.78, 5) is 12.7. The van der Waals surface area contributed by atoms with Crippen molar-refractivity contribution in [2.75, 3.05) is 13.1 Å². The molecule has 0 aliphatic carbocycles. The Bertz CT molecular complexity index is 247. The van der Waals surface area contributed by atoms with Gasteiger partial charge in [0.2, 0.25) is 0 Å². The minimum atomic E-state index is -0.775. The standard InChI is InChI=1S/C10H16N2O2/c1-8(10(13)14)12-6-2-3-9(7-12)4-5-11/h8-9H,2-4,6-7H2,1H3,(H,13,14). The average molecular weight is 196 g/mol. The van der Waals surface area contributed by atoms with E-state index in [0.717, 1.165) is 25.9 Å². The van der Waals surface area contributed by atoms with Crippen LogP contribution in [0.1, 0.15) is 26.2 Å². The normalized spacial score (nSPS) is 25.3. The van der Waals surface area contributed by atoms with Crippen molar-refractivity contribution in [3.63, 3.8) is 0 Å². The van der Waals surface area contributed by atoms with Crippen molar-refractivity contribution in [1.29, 1.82) is 5.26 Å². The molecule has 0 radical (unpaired) electrons. The third-order valence-electron chi connectivity index (χ3n) is 2.84. The van der Waals surface area contributed by atoms with E-state index in [0.29, 0.717) is 12.3 Å². The molecule has 0 aromatic carbocycles. The molecule has 14 heavy (non-hydrogen) atoms. The van der Waals surface area contributed by atoms with Gasteiger partial charge in [-0.3, -0.25) is 9.69 Å². The maximum absolute atomic E-state index is 10.8. The molecule has 2 unspecified atom stereocenters. The van der Waals surface area contributed by atoms with Gasteiger partial charge in [-0.2, -0.15) is 5.26 Å². The third-order valence-corrected chi connectivity index (χ3v) is 2.84. The number of piperidine rings is 1. The highest BCUT2D eigenvalue weighted by Gasteiger charge is 2.26. The summed E-state index contributed by atoms with van der Waals surface area (Å²) in [6, 6.07) is 1.73. The number of nitrogens with zero attached hydrogens (tertiary/aromatic N) is 2. The second-order valence-electron chi connectivity index (χ2n) is 3.88. The molecule has 1 aliphatic rings. The van der Waals surface area contributed by atoms with Gasteiger partial charge in [-0.1, -0.05) is 0 Å². The number of carboxylic acid groups (broad SMARTS) is 1. The van der Waals surface area contributed by atoms with Crippen LogP contribution in [0.5, 0.6) is 0 Å². The van der Waals surface area contributed by atoms with E-state index in [1.807, 2.05) is 4.90 Å². The molecule has 1 heterocycles. The van der Waals surface area contributed by atoms with E-state index in [4.69, 9.17) is 10.4 Å². The van der Waals surface area contributed by atoms with Crippen LogP contribution in [0.2, 0.25) is 0 Å². The predicted octanol–water partition coefficient (Wildman–Crippen LogP) is 1.09. The molecule has 0 spiro atoms. The van der Waals surface area contributed by atoms with Crippen molar-refractivity contribution < 1.29 is 9.90 Å². The Morgan fingerprint density at radius 3 is 3.07 bits per heavy atom. The van der Waals surface area contributed by atoms with Gasteiger partial charge in [-0.05, 0) is 32.2 Å². The predicted molar refractivity (Wildman–Crippen MR) is 51.6 cm³/mol. The van der Waals surface area contributed by atoms with E-state index in [9.17, 15) is 4.79 Å². The smallest absolute Gasteiger partial charge is 0.320 e. The lowest BCUT2D eigenvalue weighted by Crippen LogP contribution is -2.45. The first-order chi connectivity index (χ1) is 6.65. The van der Waals surface area contributed by atoms with Crippen LogP contribution in [-0.2, 0) is 4.79 Å². The van der Waals surface area contributed by atoms with Crippen LogP contribution in [0.25, 0.3) is 0 Å². The molecule has 1 rings (SSSR count). The van der Waals surface area contributed by atoms with Crippen molar-refractivity contribution in [1.82, 2.24) is 4.90 Å². The van der Waals surface area contributed by atoms with E-state index >= 15 is 0 Å². The van der Waals surface area contributed by atoms with Gasteiger partial charge >= 0.3 is 5.97 Å². The molecule has 78 valence electrons. The van der Waals surface area contributed by atoms with Crippen molar-refractivity contribution in [3.8, 4) is 6.07 Å². The van der Waals surface area contributed by atoms with E-state index in [2.05, 4.69) is 6.07 Å². The molecular weight excluding hydrogens is 180 g/mol. The summed E-state index contributed by atoms with van der Waals surface area (Å²) in [5.41, 5.74) is 0. The number of nitriles is 1. The minimum absolute atomic E-state index is 0.357. The number of hydrogen-bond acceptors (Lipinski definition) is 3. The van der Waals surface area contributed by atoms with Crippen LogP contribution in [0.15, 0.2) is 0 Å². The SMILES string of the molecule is CC(C(=O)O)N1CCCC(CC#N)C1. The summed E-state index contributed by atoms with van der Waals surface area (Å²) in [5.74, 6) is -0.418. The summed E-state index contributed by atoms with van der Waals surface area (Å²) in [6.07, 6.45) is 2.60. The zero-order valence-electron chi connectivity index (χ0n) is 8.44. The van der Waals surface area contributed by atoms with Crippen LogP contribution >= 0.6 is 0 Å². The Labute approximate surface area is 84.1 Å². The van der Waals surface area contributed by atoms with Crippen LogP contribution in [-0.4, -0.2) is 35.1 Å². The number of aliphatic carboxylic acids is 1. The molecule has 1 N–H and O–H groups in total. The maximum atomic E-state index is 10.8. The monoisotopic (exact) mass is 196 g/mol. The van der Waals surface area contributed by atoms with Gasteiger partial charge in [-0.25, -0.2) is 0 Å². The second-order valence-corrected chi connectivity index (χ2v) is 3.88. The highest BCUT2D eigenvalue weighted by atomic mass is 16.4. The Kier molecular flexibility index (Phi) is 3.90. The summed E-state index contributed by atoms with van der Waals surface area (Å²) in [5, 5.41) is 17.4. The molecule has 0 saturated carbocycles. The molecule has 1 fully saturated rings. The molecule has 1 aliphatic heterocycles. The van der Waals surface area contributed by atoms with Crippen LogP contribution in [0, 0.1) is 17.2 Å². The summed E-state index contributed by atoms with van der Waals surface area (Å²) >= 11 is 0. The fraction of sp³-hybridized carbons (Fsp3) is 0.800. The van der Waals surface area contributed by atoms with Gasteiger partial charge in [0, 0.05) is 13.0 Å². The van der Waals surface area contributed by atoms with Gasteiger partial charge in [0.15, 0.2) is 0 Å². The average Bonchev–Trinajstić information content (AvgIpc) is 2.17. The number of rotatable bonds is 3. The van der Waals surface area contributed by atoms with Crippen molar-refractivity contribution in [3.05, 3.63) is 0 Å². The van der Waals surface area contributed by atoms with Gasteiger partial charge in [0.25, 0.3) is 0 Å². The van der Waals surface area contributed by atoms with Gasteiger partial charge in [-0.15, -0.1) is 0 Å². The molecule has 0 aromatic rings. The highest BCUT2D eigenvalue weighted by molar-refractivity contribution is 5.72. The van der Waals surface area contributed by atoms with Crippen molar-refractivity contribution in [2.45, 2.75) is 32.2 Å². The Hall–Kier alpha value is -1.08. The lowest BCUT2D eigenvalue weighted by molar-refractivity contribution is -0.143. The largest absolute Gasteiger partial charge is 0.480 e. The molecule has 0 bridgehead atoms. The molecule has 1 saturated heterocycles. The first-order valence-electron chi connectivity index (χ1n) is 4.99. The molecule has 0 aromatic heterocycles. The minimum Gasteiger partial charge on any atom is -0.480 e. The second kappa shape index (κ2) is 4.97. The van der Waals surface area contributed by atoms with Gasteiger partial charge < -0.3 is 5.11 Å². The van der Waals surface area contributed by atoms with Gasteiger partial charge in [0.1, 0.15) is 6.04 Å². The summed E-state index contributed by atoms with van der Waals surface area (Å²) < 4.78 is 0. The lowest BCUT2D eigenvalue weighted by Gasteiger charge is -2.34. The van der Waals surface area contributed by atoms with E-state index in [-0.39, 0.29) is 0 Å². The molecule has 4 heteroatoms. The quantitative estimate of drug-likeness (QED) is 0.733. The fourth-order valence-electron chi connectivity index (χ4n) is 1.90. The fourth-order valence-corrected chi connectivity index (χ4v) is 1.90. The lowest BCUT2D eigenvalue weighted by atomic mass is 9.94. The van der Waals surface area contributed by atoms with Crippen LogP contribution in [0.4, 0.5) is 0 Å². The zero-order valence-corrected chi connectivity index (χ0v) is 8.44. The molecule has 2 atom stereocenters. The third kappa shape index (κ3) is 2.71. The molecule has 4 nitrogen and oxygen atoms in total. The Morgan fingerprint density at radius 2 is 2.50 bits per heavy atom. The maximum Gasteiger partial charge on any atom is 0.320 e. The van der Waals surface area contributed by atoms with Crippen molar-refractivity contribution in [2.24, 2.45) is 5.92 Å². The highest BCUT2D eigenvalue weighted by Crippen LogP contribution is 2.20. The number of hydrogen-bond donors (Lipinski definition) is 1. The first-order valence-corrected chi connectivity index (χ1v) is 4.99. The van der Waals surface area contributed by atoms with E-state index < -0.39 is 12.0 Å². The van der Waals surface area contributed by atoms with Crippen molar-refractivity contribution >= 4 is 5.97 Å². The summed E-state index contributed by atoms with van der Waals surface area (Å²) in [7, 11) is 0. The Morgan fingerprint density at radius 1 is 1.79 bits per heavy atom. The zero-order chi connectivity index (χ0) is 10.6. The topological polar surface area (TPSA) is 64.3 Å². The number of carbonyl (C=O) groups is 1. The summed E-state index contributed by atoms with van der Waals surface area (Å²) in [6.45, 7) is 3.30. The number of likely N-dealkylation sites (tertiary alicyclic amines) is 1.